The van der Waals surface area contributed by atoms with E-state index in [1.54, 1.807) is 6.07 Å². The Bertz CT molecular complexity index is 1440. The number of fused-ring (bicyclic) bond motifs is 1. The zero-order chi connectivity index (χ0) is 26.5. The van der Waals surface area contributed by atoms with Crippen LogP contribution in [0.4, 0.5) is 8.78 Å². The Morgan fingerprint density at radius 1 is 0.895 bits per heavy atom. The molecule has 1 aliphatic heterocycles. The van der Waals surface area contributed by atoms with Gasteiger partial charge >= 0.3 is 0 Å². The van der Waals surface area contributed by atoms with E-state index in [0.29, 0.717) is 29.7 Å². The molecule has 2 aliphatic carbocycles. The average molecular weight is 520 g/mol. The number of hydrogen-bond acceptors (Lipinski definition) is 5. The van der Waals surface area contributed by atoms with E-state index in [9.17, 15) is 23.6 Å². The molecule has 7 nitrogen and oxygen atoms in total. The second-order valence-electron chi connectivity index (χ2n) is 10.8. The Kier molecular flexibility index (Phi) is 5.76. The number of nitriles is 1. The maximum atomic E-state index is 14.0. The number of carbonyl (C=O) groups excluding carboxylic acids is 2. The third-order valence-electron chi connectivity index (χ3n) is 8.04. The Morgan fingerprint density at radius 3 is 2.18 bits per heavy atom. The van der Waals surface area contributed by atoms with Crippen LogP contribution in [0.1, 0.15) is 60.6 Å². The molecule has 2 saturated carbocycles. The highest BCUT2D eigenvalue weighted by Crippen LogP contribution is 2.41. The minimum Gasteiger partial charge on any atom is -0.451 e. The number of carbonyl (C=O) groups is 2. The van der Waals surface area contributed by atoms with Gasteiger partial charge < -0.3 is 19.8 Å². The predicted molar refractivity (Wildman–Crippen MR) is 135 cm³/mol. The van der Waals surface area contributed by atoms with Gasteiger partial charge in [-0.3, -0.25) is 9.59 Å². The first-order valence-corrected chi connectivity index (χ1v) is 12.9. The monoisotopic (exact) mass is 519 g/mol. The number of hydrogen-bond donors (Lipinski definition) is 2. The fourth-order valence-corrected chi connectivity index (χ4v) is 5.16. The third-order valence-corrected chi connectivity index (χ3v) is 8.04. The maximum absolute atomic E-state index is 14.0. The van der Waals surface area contributed by atoms with Gasteiger partial charge in [0.1, 0.15) is 16.7 Å². The molecule has 3 aromatic rings. The summed E-state index contributed by atoms with van der Waals surface area (Å²) < 4.78 is 39.1. The normalized spacial score (nSPS) is 21.2. The number of alkyl halides is 2. The van der Waals surface area contributed by atoms with E-state index in [2.05, 4.69) is 28.8 Å². The molecule has 6 rings (SSSR count). The predicted octanol–water partition coefficient (Wildman–Crippen LogP) is 5.06. The summed E-state index contributed by atoms with van der Waals surface area (Å²) in [5.41, 5.74) is 1.14. The average Bonchev–Trinajstić information content (AvgIpc) is 3.51. The molecule has 2 heterocycles. The standard InChI is InChI=1S/C29H27F2N3O4/c30-29(31)11-9-28(10-12-29,26(36)34-27(17-32)7-8-27)33-25(35)24-14-21-6-5-20(13-23(21)38-24)18-1-3-19(4-2-18)22-15-37-16-22/h1-6,13-14,22H,7-12,15-16H2,(H,33,35)(H,34,36). The minimum atomic E-state index is -2.90. The zero-order valence-electron chi connectivity index (χ0n) is 20.7. The lowest BCUT2D eigenvalue weighted by atomic mass is 9.78. The van der Waals surface area contributed by atoms with E-state index < -0.39 is 41.7 Å². The van der Waals surface area contributed by atoms with E-state index in [1.165, 1.54) is 5.56 Å². The van der Waals surface area contributed by atoms with Crippen molar-refractivity contribution >= 4 is 22.8 Å². The second kappa shape index (κ2) is 8.91. The van der Waals surface area contributed by atoms with Crippen LogP contribution in [0.3, 0.4) is 0 Å². The molecule has 196 valence electrons. The number of nitrogens with one attached hydrogen (secondary N) is 2. The van der Waals surface area contributed by atoms with Gasteiger partial charge in [0.2, 0.25) is 11.8 Å². The molecular weight excluding hydrogens is 492 g/mol. The van der Waals surface area contributed by atoms with E-state index >= 15 is 0 Å². The van der Waals surface area contributed by atoms with E-state index in [-0.39, 0.29) is 18.6 Å². The van der Waals surface area contributed by atoms with Crippen molar-refractivity contribution in [2.45, 2.75) is 61.4 Å². The lowest BCUT2D eigenvalue weighted by Crippen LogP contribution is -2.62. The lowest BCUT2D eigenvalue weighted by molar-refractivity contribution is -0.133. The molecule has 3 aliphatic rings. The Labute approximate surface area is 218 Å². The van der Waals surface area contributed by atoms with Crippen molar-refractivity contribution in [2.24, 2.45) is 0 Å². The largest absolute Gasteiger partial charge is 0.451 e. The van der Waals surface area contributed by atoms with Crippen LogP contribution >= 0.6 is 0 Å². The Balaban J connectivity index is 1.22. The van der Waals surface area contributed by atoms with Gasteiger partial charge in [-0.05, 0) is 54.5 Å². The molecule has 38 heavy (non-hydrogen) atoms. The lowest BCUT2D eigenvalue weighted by Gasteiger charge is -2.39. The van der Waals surface area contributed by atoms with Crippen LogP contribution in [0.5, 0.6) is 0 Å². The van der Waals surface area contributed by atoms with Crippen LogP contribution in [-0.2, 0) is 9.53 Å². The first kappa shape index (κ1) is 24.6. The van der Waals surface area contributed by atoms with Gasteiger partial charge in [-0.25, -0.2) is 8.78 Å². The van der Waals surface area contributed by atoms with Crippen molar-refractivity contribution in [1.29, 1.82) is 5.26 Å². The second-order valence-corrected chi connectivity index (χ2v) is 10.8. The summed E-state index contributed by atoms with van der Waals surface area (Å²) in [6, 6.07) is 17.6. The number of ether oxygens (including phenoxy) is 1. The quantitative estimate of drug-likeness (QED) is 0.474. The van der Waals surface area contributed by atoms with E-state index in [0.717, 1.165) is 24.3 Å². The first-order chi connectivity index (χ1) is 18.2. The van der Waals surface area contributed by atoms with Crippen LogP contribution in [0.15, 0.2) is 52.9 Å². The van der Waals surface area contributed by atoms with Gasteiger partial charge in [0, 0.05) is 24.1 Å². The minimum absolute atomic E-state index is 0.0107. The van der Waals surface area contributed by atoms with Crippen LogP contribution in [-0.4, -0.2) is 42.0 Å². The molecule has 3 fully saturated rings. The Hall–Kier alpha value is -3.77. The van der Waals surface area contributed by atoms with Gasteiger partial charge in [0.05, 0.1) is 19.3 Å². The summed E-state index contributed by atoms with van der Waals surface area (Å²) in [7, 11) is 0. The number of rotatable bonds is 6. The van der Waals surface area contributed by atoms with Gasteiger partial charge in [0.25, 0.3) is 5.91 Å². The van der Waals surface area contributed by atoms with Crippen LogP contribution in [0.25, 0.3) is 22.1 Å². The van der Waals surface area contributed by atoms with Crippen molar-refractivity contribution in [1.82, 2.24) is 10.6 Å². The fraction of sp³-hybridized carbons (Fsp3) is 0.414. The SMILES string of the molecule is N#CC1(NC(=O)C2(NC(=O)c3cc4ccc(-c5ccc(C6COC6)cc5)cc4o3)CCC(F)(F)CC2)CC1. The van der Waals surface area contributed by atoms with Gasteiger partial charge in [-0.1, -0.05) is 36.4 Å². The highest BCUT2D eigenvalue weighted by atomic mass is 19.3. The third kappa shape index (κ3) is 4.54. The zero-order valence-corrected chi connectivity index (χ0v) is 20.7. The molecule has 1 saturated heterocycles. The van der Waals surface area contributed by atoms with Crippen molar-refractivity contribution in [2.75, 3.05) is 13.2 Å². The number of nitrogens with zero attached hydrogens (tertiary/aromatic N) is 1. The number of furan rings is 1. The van der Waals surface area contributed by atoms with E-state index in [1.807, 2.05) is 30.3 Å². The summed E-state index contributed by atoms with van der Waals surface area (Å²) >= 11 is 0. The molecule has 2 N–H and O–H groups in total. The summed E-state index contributed by atoms with van der Waals surface area (Å²) in [5, 5.41) is 15.5. The van der Waals surface area contributed by atoms with Crippen molar-refractivity contribution in [3.63, 3.8) is 0 Å². The molecule has 0 bridgehead atoms. The molecule has 2 amide bonds. The molecule has 0 unspecified atom stereocenters. The van der Waals surface area contributed by atoms with Crippen molar-refractivity contribution in [3.8, 4) is 17.2 Å². The fourth-order valence-electron chi connectivity index (χ4n) is 5.16. The highest BCUT2D eigenvalue weighted by molar-refractivity contribution is 6.00. The topological polar surface area (TPSA) is 104 Å². The van der Waals surface area contributed by atoms with Crippen LogP contribution < -0.4 is 10.6 Å². The molecule has 0 spiro atoms. The molecule has 2 aromatic carbocycles. The molecule has 9 heteroatoms. The highest BCUT2D eigenvalue weighted by Gasteiger charge is 2.53. The molecule has 1 aromatic heterocycles. The summed E-state index contributed by atoms with van der Waals surface area (Å²) in [6.07, 6.45) is -0.524. The van der Waals surface area contributed by atoms with Crippen molar-refractivity contribution < 1.29 is 27.5 Å². The van der Waals surface area contributed by atoms with Gasteiger partial charge in [-0.15, -0.1) is 0 Å². The smallest absolute Gasteiger partial charge is 0.287 e. The molecule has 0 radical (unpaired) electrons. The molecule has 0 atom stereocenters. The molecular formula is C29H27F2N3O4. The van der Waals surface area contributed by atoms with Crippen molar-refractivity contribution in [3.05, 3.63) is 59.9 Å². The number of benzene rings is 2. The van der Waals surface area contributed by atoms with Gasteiger partial charge in [-0.2, -0.15) is 5.26 Å². The van der Waals surface area contributed by atoms with Crippen LogP contribution in [0, 0.1) is 11.3 Å². The van der Waals surface area contributed by atoms with Crippen LogP contribution in [0.2, 0.25) is 0 Å². The first-order valence-electron chi connectivity index (χ1n) is 12.9. The summed E-state index contributed by atoms with van der Waals surface area (Å²) in [6.45, 7) is 1.49. The Morgan fingerprint density at radius 2 is 1.58 bits per heavy atom. The summed E-state index contributed by atoms with van der Waals surface area (Å²) in [5.74, 6) is -3.73. The number of amides is 2. The van der Waals surface area contributed by atoms with Gasteiger partial charge in [0.15, 0.2) is 5.76 Å². The maximum Gasteiger partial charge on any atom is 0.287 e. The van der Waals surface area contributed by atoms with E-state index in [4.69, 9.17) is 9.15 Å². The summed E-state index contributed by atoms with van der Waals surface area (Å²) in [4.78, 5) is 26.5. The number of halogens is 2.